The summed E-state index contributed by atoms with van der Waals surface area (Å²) < 4.78 is 0. The van der Waals surface area contributed by atoms with Crippen LogP contribution in [-0.2, 0) is 0 Å². The highest BCUT2D eigenvalue weighted by Gasteiger charge is 2.58. The summed E-state index contributed by atoms with van der Waals surface area (Å²) in [6.45, 7) is 8.84. The lowest BCUT2D eigenvalue weighted by molar-refractivity contribution is 0.465. The summed E-state index contributed by atoms with van der Waals surface area (Å²) >= 11 is 0. The van der Waals surface area contributed by atoms with Gasteiger partial charge in [0.25, 0.3) is 0 Å². The van der Waals surface area contributed by atoms with Gasteiger partial charge in [-0.2, -0.15) is 0 Å². The van der Waals surface area contributed by atoms with Gasteiger partial charge in [0.1, 0.15) is 0 Å². The van der Waals surface area contributed by atoms with Gasteiger partial charge in [-0.1, -0.05) is 34.1 Å². The molecule has 2 unspecified atom stereocenters. The first-order valence-corrected chi connectivity index (χ1v) is 4.73. The maximum Gasteiger partial charge on any atom is -0.0292 e. The fourth-order valence-corrected chi connectivity index (χ4v) is 2.56. The van der Waals surface area contributed by atoms with E-state index < -0.39 is 0 Å². The number of hydrogen-bond donors (Lipinski definition) is 0. The smallest absolute Gasteiger partial charge is 0.0292 e. The van der Waals surface area contributed by atoms with E-state index in [0.717, 1.165) is 17.3 Å². The van der Waals surface area contributed by atoms with Crippen molar-refractivity contribution < 1.29 is 0 Å². The third-order valence-electron chi connectivity index (χ3n) is 3.32. The Morgan fingerprint density at radius 3 is 1.60 bits per heavy atom. The molecule has 0 aromatic heterocycles. The van der Waals surface area contributed by atoms with E-state index in [4.69, 9.17) is 0 Å². The van der Waals surface area contributed by atoms with Gasteiger partial charge in [0.05, 0.1) is 0 Å². The van der Waals surface area contributed by atoms with E-state index in [2.05, 4.69) is 13.8 Å². The van der Waals surface area contributed by atoms with E-state index in [-0.39, 0.29) is 0 Å². The summed E-state index contributed by atoms with van der Waals surface area (Å²) in [5.74, 6) is 2.25. The Morgan fingerprint density at radius 1 is 1.00 bits per heavy atom. The van der Waals surface area contributed by atoms with Gasteiger partial charge < -0.3 is 0 Å². The predicted octanol–water partition coefficient (Wildman–Crippen LogP) is 3.47. The summed E-state index contributed by atoms with van der Waals surface area (Å²) in [5, 5.41) is 0. The molecule has 2 saturated carbocycles. The molecular formula is C10H20. The van der Waals surface area contributed by atoms with Crippen molar-refractivity contribution in [2.24, 2.45) is 17.3 Å². The lowest BCUT2D eigenvalue weighted by Gasteiger charge is -2.04. The van der Waals surface area contributed by atoms with Gasteiger partial charge in [-0.05, 0) is 30.1 Å². The second-order valence-corrected chi connectivity index (χ2v) is 3.97. The van der Waals surface area contributed by atoms with Crippen LogP contribution >= 0.6 is 0 Å². The summed E-state index contributed by atoms with van der Waals surface area (Å²) in [7, 11) is 0. The fraction of sp³-hybridized carbons (Fsp3) is 1.00. The second kappa shape index (κ2) is 2.56. The van der Waals surface area contributed by atoms with Crippen LogP contribution in [0, 0.1) is 17.3 Å². The summed E-state index contributed by atoms with van der Waals surface area (Å²) in [6.07, 6.45) is 4.56. The molecule has 2 atom stereocenters. The first kappa shape index (κ1) is 8.10. The molecule has 0 heteroatoms. The Hall–Kier alpha value is 0. The Kier molecular flexibility index (Phi) is 2.07. The molecule has 2 aliphatic carbocycles. The van der Waals surface area contributed by atoms with Gasteiger partial charge in [-0.15, -0.1) is 0 Å². The summed E-state index contributed by atoms with van der Waals surface area (Å²) in [6, 6.07) is 0. The molecular weight excluding hydrogens is 120 g/mol. The molecule has 0 bridgehead atoms. The average Bonchev–Trinajstić information content (AvgIpc) is 2.42. The SMILES string of the molecule is CC.CC1(C)C2CCCC21. The van der Waals surface area contributed by atoms with Crippen LogP contribution in [0.5, 0.6) is 0 Å². The van der Waals surface area contributed by atoms with E-state index in [1.165, 1.54) is 19.3 Å². The Bertz CT molecular complexity index is 101. The Labute approximate surface area is 65.0 Å². The number of hydrogen-bond acceptors (Lipinski definition) is 0. The van der Waals surface area contributed by atoms with Crippen molar-refractivity contribution in [1.82, 2.24) is 0 Å². The molecule has 0 saturated heterocycles. The third kappa shape index (κ3) is 0.980. The van der Waals surface area contributed by atoms with Crippen molar-refractivity contribution in [3.63, 3.8) is 0 Å². The molecule has 0 N–H and O–H groups in total. The molecule has 0 radical (unpaired) electrons. The minimum Gasteiger partial charge on any atom is -0.0683 e. The molecule has 0 aliphatic heterocycles. The fourth-order valence-electron chi connectivity index (χ4n) is 2.56. The second-order valence-electron chi connectivity index (χ2n) is 3.97. The van der Waals surface area contributed by atoms with Crippen LogP contribution in [0.1, 0.15) is 47.0 Å². The molecule has 0 aromatic carbocycles. The highest BCUT2D eigenvalue weighted by atomic mass is 14.6. The van der Waals surface area contributed by atoms with Gasteiger partial charge in [0.2, 0.25) is 0 Å². The van der Waals surface area contributed by atoms with Crippen molar-refractivity contribution in [2.45, 2.75) is 47.0 Å². The maximum atomic E-state index is 2.42. The molecule has 0 spiro atoms. The van der Waals surface area contributed by atoms with E-state index in [1.807, 2.05) is 13.8 Å². The van der Waals surface area contributed by atoms with E-state index >= 15 is 0 Å². The molecule has 2 aliphatic rings. The van der Waals surface area contributed by atoms with Crippen LogP contribution in [0.25, 0.3) is 0 Å². The normalized spacial score (nSPS) is 39.6. The van der Waals surface area contributed by atoms with E-state index in [1.54, 1.807) is 0 Å². The zero-order valence-electron chi connectivity index (χ0n) is 7.78. The predicted molar refractivity (Wildman–Crippen MR) is 46.0 cm³/mol. The van der Waals surface area contributed by atoms with E-state index in [0.29, 0.717) is 0 Å². The van der Waals surface area contributed by atoms with Gasteiger partial charge in [0, 0.05) is 0 Å². The van der Waals surface area contributed by atoms with Crippen molar-refractivity contribution >= 4 is 0 Å². The van der Waals surface area contributed by atoms with Gasteiger partial charge in [0.15, 0.2) is 0 Å². The molecule has 2 rings (SSSR count). The molecule has 60 valence electrons. The standard InChI is InChI=1S/C8H14.C2H6/c1-8(2)6-4-3-5-7(6)8;1-2/h6-7H,3-5H2,1-2H3;1-2H3. The van der Waals surface area contributed by atoms with Gasteiger partial charge >= 0.3 is 0 Å². The minimum absolute atomic E-state index is 0.762. The quantitative estimate of drug-likeness (QED) is 0.483. The average molecular weight is 140 g/mol. The summed E-state index contributed by atoms with van der Waals surface area (Å²) in [4.78, 5) is 0. The van der Waals surface area contributed by atoms with Crippen LogP contribution in [0.3, 0.4) is 0 Å². The van der Waals surface area contributed by atoms with Crippen LogP contribution in [0.4, 0.5) is 0 Å². The van der Waals surface area contributed by atoms with E-state index in [9.17, 15) is 0 Å². The first-order chi connectivity index (χ1) is 4.73. The number of fused-ring (bicyclic) bond motifs is 1. The lowest BCUT2D eigenvalue weighted by atomic mass is 10.0. The lowest BCUT2D eigenvalue weighted by Crippen LogP contribution is -1.94. The van der Waals surface area contributed by atoms with Crippen LogP contribution in [-0.4, -0.2) is 0 Å². The topological polar surface area (TPSA) is 0 Å². The Morgan fingerprint density at radius 2 is 1.40 bits per heavy atom. The molecule has 0 amide bonds. The van der Waals surface area contributed by atoms with Crippen molar-refractivity contribution in [2.75, 3.05) is 0 Å². The Balaban J connectivity index is 0.000000231. The summed E-state index contributed by atoms with van der Waals surface area (Å²) in [5.41, 5.74) is 0.762. The molecule has 0 aromatic rings. The zero-order valence-corrected chi connectivity index (χ0v) is 7.78. The monoisotopic (exact) mass is 140 g/mol. The van der Waals surface area contributed by atoms with Crippen LogP contribution < -0.4 is 0 Å². The van der Waals surface area contributed by atoms with Crippen LogP contribution in [0.15, 0.2) is 0 Å². The largest absolute Gasteiger partial charge is 0.0683 e. The van der Waals surface area contributed by atoms with Gasteiger partial charge in [-0.25, -0.2) is 0 Å². The van der Waals surface area contributed by atoms with Crippen molar-refractivity contribution in [3.05, 3.63) is 0 Å². The molecule has 0 heterocycles. The maximum absolute atomic E-state index is 2.42. The molecule has 0 nitrogen and oxygen atoms in total. The van der Waals surface area contributed by atoms with Crippen molar-refractivity contribution in [3.8, 4) is 0 Å². The minimum atomic E-state index is 0.762. The van der Waals surface area contributed by atoms with Gasteiger partial charge in [-0.3, -0.25) is 0 Å². The number of rotatable bonds is 0. The molecule has 2 fully saturated rings. The highest BCUT2D eigenvalue weighted by Crippen LogP contribution is 2.66. The first-order valence-electron chi connectivity index (χ1n) is 4.73. The molecule has 10 heavy (non-hydrogen) atoms. The third-order valence-corrected chi connectivity index (χ3v) is 3.32. The van der Waals surface area contributed by atoms with Crippen LogP contribution in [0.2, 0.25) is 0 Å². The highest BCUT2D eigenvalue weighted by molar-refractivity contribution is 5.07. The van der Waals surface area contributed by atoms with Crippen molar-refractivity contribution in [1.29, 1.82) is 0 Å². The zero-order chi connectivity index (χ0) is 7.78.